The zero-order valence-corrected chi connectivity index (χ0v) is 13.3. The van der Waals surface area contributed by atoms with Crippen LogP contribution in [0.5, 0.6) is 0 Å². The van der Waals surface area contributed by atoms with Gasteiger partial charge in [0, 0.05) is 11.8 Å². The molecule has 1 fully saturated rings. The van der Waals surface area contributed by atoms with Crippen molar-refractivity contribution in [1.82, 2.24) is 5.32 Å². The highest BCUT2D eigenvalue weighted by atomic mass is 32.2. The molecule has 1 heterocycles. The van der Waals surface area contributed by atoms with Gasteiger partial charge in [0.2, 0.25) is 5.91 Å². The van der Waals surface area contributed by atoms with Crippen LogP contribution in [0.1, 0.15) is 18.9 Å². The highest BCUT2D eigenvalue weighted by Gasteiger charge is 2.29. The van der Waals surface area contributed by atoms with Crippen LogP contribution in [-0.4, -0.2) is 37.1 Å². The van der Waals surface area contributed by atoms with Crippen LogP contribution in [0.25, 0.3) is 0 Å². The number of carbonyl (C=O) groups excluding carboxylic acids is 1. The summed E-state index contributed by atoms with van der Waals surface area (Å²) in [4.78, 5) is 12.0. The summed E-state index contributed by atoms with van der Waals surface area (Å²) in [5.41, 5.74) is 0.949. The molecular formula is C14H18FNO3S2. The zero-order valence-electron chi connectivity index (χ0n) is 11.7. The normalized spacial score (nSPS) is 21.9. The Kier molecular flexibility index (Phi) is 5.27. The van der Waals surface area contributed by atoms with Crippen LogP contribution < -0.4 is 5.32 Å². The molecular weight excluding hydrogens is 313 g/mol. The quantitative estimate of drug-likeness (QED) is 0.893. The van der Waals surface area contributed by atoms with Gasteiger partial charge in [-0.1, -0.05) is 12.1 Å². The number of rotatable bonds is 5. The minimum absolute atomic E-state index is 0.0358. The molecule has 0 unspecified atom stereocenters. The molecule has 0 bridgehead atoms. The van der Waals surface area contributed by atoms with Crippen molar-refractivity contribution < 1.29 is 17.6 Å². The van der Waals surface area contributed by atoms with Crippen LogP contribution in [0.15, 0.2) is 24.3 Å². The fraction of sp³-hybridized carbons (Fsp3) is 0.500. The third-order valence-electron chi connectivity index (χ3n) is 3.36. The van der Waals surface area contributed by atoms with Crippen LogP contribution in [0, 0.1) is 5.82 Å². The second-order valence-corrected chi connectivity index (χ2v) is 8.75. The van der Waals surface area contributed by atoms with Crippen molar-refractivity contribution in [3.8, 4) is 0 Å². The molecule has 1 saturated heterocycles. The van der Waals surface area contributed by atoms with E-state index < -0.39 is 9.84 Å². The predicted octanol–water partition coefficient (Wildman–Crippen LogP) is 1.75. The maximum atomic E-state index is 12.8. The van der Waals surface area contributed by atoms with Crippen LogP contribution in [0.4, 0.5) is 4.39 Å². The minimum atomic E-state index is -2.98. The lowest BCUT2D eigenvalue weighted by Crippen LogP contribution is -2.40. The van der Waals surface area contributed by atoms with E-state index in [1.807, 2.05) is 0 Å². The maximum Gasteiger partial charge on any atom is 0.233 e. The highest BCUT2D eigenvalue weighted by Crippen LogP contribution is 2.19. The number of carbonyl (C=O) groups is 1. The number of halogens is 1. The van der Waals surface area contributed by atoms with E-state index in [9.17, 15) is 17.6 Å². The van der Waals surface area contributed by atoms with Crippen molar-refractivity contribution in [1.29, 1.82) is 0 Å². The lowest BCUT2D eigenvalue weighted by atomic mass is 10.2. The van der Waals surface area contributed by atoms with Gasteiger partial charge in [-0.2, -0.15) is 0 Å². The van der Waals surface area contributed by atoms with E-state index in [4.69, 9.17) is 0 Å². The predicted molar refractivity (Wildman–Crippen MR) is 82.4 cm³/mol. The lowest BCUT2D eigenvalue weighted by molar-refractivity contribution is -0.120. The molecule has 1 aliphatic rings. The van der Waals surface area contributed by atoms with E-state index in [0.717, 1.165) is 5.56 Å². The molecule has 0 aromatic heterocycles. The molecule has 21 heavy (non-hydrogen) atoms. The molecule has 1 amide bonds. The summed E-state index contributed by atoms with van der Waals surface area (Å²) in [5, 5.41) is 2.50. The van der Waals surface area contributed by atoms with Gasteiger partial charge in [-0.3, -0.25) is 4.79 Å². The SMILES string of the molecule is C[C@H](SCc1ccc(F)cc1)C(=O)N[C@@H]1CCS(=O)(=O)C1. The Hall–Kier alpha value is -1.08. The molecule has 1 N–H and O–H groups in total. The summed E-state index contributed by atoms with van der Waals surface area (Å²) in [5.74, 6) is 0.363. The first-order valence-electron chi connectivity index (χ1n) is 6.72. The van der Waals surface area contributed by atoms with E-state index in [1.165, 1.54) is 23.9 Å². The molecule has 0 spiro atoms. The number of sulfone groups is 1. The summed E-state index contributed by atoms with van der Waals surface area (Å²) in [6.45, 7) is 1.78. The van der Waals surface area contributed by atoms with Crippen LogP contribution in [-0.2, 0) is 20.4 Å². The average Bonchev–Trinajstić information content (AvgIpc) is 2.77. The molecule has 7 heteroatoms. The number of benzene rings is 1. The topological polar surface area (TPSA) is 63.2 Å². The molecule has 0 saturated carbocycles. The van der Waals surface area contributed by atoms with E-state index >= 15 is 0 Å². The highest BCUT2D eigenvalue weighted by molar-refractivity contribution is 7.99. The van der Waals surface area contributed by atoms with Crippen molar-refractivity contribution in [3.63, 3.8) is 0 Å². The summed E-state index contributed by atoms with van der Waals surface area (Å²) < 4.78 is 35.5. The Morgan fingerprint density at radius 1 is 1.43 bits per heavy atom. The molecule has 116 valence electrons. The lowest BCUT2D eigenvalue weighted by Gasteiger charge is -2.15. The van der Waals surface area contributed by atoms with E-state index in [2.05, 4.69) is 5.32 Å². The zero-order chi connectivity index (χ0) is 15.5. The van der Waals surface area contributed by atoms with E-state index in [-0.39, 0.29) is 34.5 Å². The molecule has 2 atom stereocenters. The van der Waals surface area contributed by atoms with Crippen molar-refractivity contribution in [3.05, 3.63) is 35.6 Å². The number of hydrogen-bond donors (Lipinski definition) is 1. The minimum Gasteiger partial charge on any atom is -0.351 e. The molecule has 2 rings (SSSR count). The molecule has 1 aromatic rings. The third kappa shape index (κ3) is 5.00. The van der Waals surface area contributed by atoms with Crippen molar-refractivity contribution in [2.24, 2.45) is 0 Å². The van der Waals surface area contributed by atoms with E-state index in [0.29, 0.717) is 12.2 Å². The Morgan fingerprint density at radius 3 is 2.67 bits per heavy atom. The monoisotopic (exact) mass is 331 g/mol. The molecule has 0 aliphatic carbocycles. The Balaban J connectivity index is 1.79. The van der Waals surface area contributed by atoms with Gasteiger partial charge >= 0.3 is 0 Å². The van der Waals surface area contributed by atoms with Gasteiger partial charge in [-0.15, -0.1) is 11.8 Å². The van der Waals surface area contributed by atoms with Gasteiger partial charge in [0.25, 0.3) is 0 Å². The summed E-state index contributed by atoms with van der Waals surface area (Å²) in [7, 11) is -2.98. The van der Waals surface area contributed by atoms with Crippen LogP contribution in [0.2, 0.25) is 0 Å². The third-order valence-corrected chi connectivity index (χ3v) is 6.34. The number of thioether (sulfide) groups is 1. The van der Waals surface area contributed by atoms with Crippen molar-refractivity contribution >= 4 is 27.5 Å². The molecule has 1 aromatic carbocycles. The summed E-state index contributed by atoms with van der Waals surface area (Å²) >= 11 is 1.44. The number of amides is 1. The first kappa shape index (κ1) is 16.3. The molecule has 0 radical (unpaired) electrons. The molecule has 4 nitrogen and oxygen atoms in total. The Bertz CT molecular complexity index is 601. The number of nitrogens with one attached hydrogen (secondary N) is 1. The molecule has 1 aliphatic heterocycles. The average molecular weight is 331 g/mol. The standard InChI is InChI=1S/C14H18FNO3S2/c1-10(20-8-11-2-4-12(15)5-3-11)14(17)16-13-6-7-21(18,19)9-13/h2-5,10,13H,6-9H2,1H3,(H,16,17)/t10-,13+/m0/s1. The summed E-state index contributed by atoms with van der Waals surface area (Å²) in [6.07, 6.45) is 0.490. The van der Waals surface area contributed by atoms with Gasteiger partial charge in [-0.25, -0.2) is 12.8 Å². The first-order chi connectivity index (χ1) is 9.85. The maximum absolute atomic E-state index is 12.8. The largest absolute Gasteiger partial charge is 0.351 e. The summed E-state index contributed by atoms with van der Waals surface area (Å²) in [6, 6.07) is 5.90. The smallest absolute Gasteiger partial charge is 0.233 e. The van der Waals surface area contributed by atoms with Gasteiger partial charge < -0.3 is 5.32 Å². The van der Waals surface area contributed by atoms with Gasteiger partial charge in [0.1, 0.15) is 5.82 Å². The van der Waals surface area contributed by atoms with Gasteiger partial charge in [0.05, 0.1) is 16.8 Å². The fourth-order valence-electron chi connectivity index (χ4n) is 2.10. The second-order valence-electron chi connectivity index (χ2n) is 5.19. The fourth-order valence-corrected chi connectivity index (χ4v) is 4.63. The van der Waals surface area contributed by atoms with Crippen molar-refractivity contribution in [2.75, 3.05) is 11.5 Å². The van der Waals surface area contributed by atoms with Gasteiger partial charge in [0.15, 0.2) is 9.84 Å². The first-order valence-corrected chi connectivity index (χ1v) is 9.59. The second kappa shape index (κ2) is 6.79. The van der Waals surface area contributed by atoms with Crippen LogP contribution >= 0.6 is 11.8 Å². The Morgan fingerprint density at radius 2 is 2.10 bits per heavy atom. The number of hydrogen-bond acceptors (Lipinski definition) is 4. The van der Waals surface area contributed by atoms with Gasteiger partial charge in [-0.05, 0) is 31.0 Å². The van der Waals surface area contributed by atoms with Crippen LogP contribution in [0.3, 0.4) is 0 Å². The van der Waals surface area contributed by atoms with E-state index in [1.54, 1.807) is 19.1 Å². The Labute approximate surface area is 128 Å². The van der Waals surface area contributed by atoms with Crippen molar-refractivity contribution in [2.45, 2.75) is 30.4 Å².